The van der Waals surface area contributed by atoms with Gasteiger partial charge in [-0.3, -0.25) is 0 Å². The highest BCUT2D eigenvalue weighted by Gasteiger charge is 2.07. The fraction of sp³-hybridized carbons (Fsp3) is 0.333. The highest BCUT2D eigenvalue weighted by Crippen LogP contribution is 2.25. The summed E-state index contributed by atoms with van der Waals surface area (Å²) in [7, 11) is 0. The third-order valence-corrected chi connectivity index (χ3v) is 2.98. The van der Waals surface area contributed by atoms with Crippen LogP contribution in [-0.2, 0) is 0 Å². The van der Waals surface area contributed by atoms with E-state index in [1.807, 2.05) is 13.0 Å². The number of hydrogen-bond donors (Lipinski definition) is 1. The van der Waals surface area contributed by atoms with Crippen LogP contribution in [0.4, 0.5) is 5.13 Å². The largest absolute Gasteiger partial charge is 0.358 e. The number of rotatable bonds is 4. The van der Waals surface area contributed by atoms with E-state index in [0.717, 1.165) is 12.0 Å². The fourth-order valence-electron chi connectivity index (χ4n) is 0.772. The monoisotopic (exact) mass is 227 g/mol. The fourth-order valence-corrected chi connectivity index (χ4v) is 1.71. The van der Waals surface area contributed by atoms with Crippen LogP contribution in [0, 0.1) is 11.3 Å². The molecular weight excluding hydrogens is 218 g/mol. The Kier molecular flexibility index (Phi) is 3.93. The second kappa shape index (κ2) is 4.99. The predicted octanol–water partition coefficient (Wildman–Crippen LogP) is 3.05. The molecule has 0 fully saturated rings. The second-order valence-electron chi connectivity index (χ2n) is 2.71. The molecule has 1 rings (SSSR count). The summed E-state index contributed by atoms with van der Waals surface area (Å²) in [6.07, 6.45) is 0.928. The van der Waals surface area contributed by atoms with Gasteiger partial charge in [0.05, 0.1) is 0 Å². The van der Waals surface area contributed by atoms with Crippen molar-refractivity contribution < 1.29 is 0 Å². The molecule has 5 heteroatoms. The van der Waals surface area contributed by atoms with E-state index in [4.69, 9.17) is 16.9 Å². The van der Waals surface area contributed by atoms with Gasteiger partial charge < -0.3 is 5.32 Å². The van der Waals surface area contributed by atoms with Gasteiger partial charge in [0.2, 0.25) is 0 Å². The SMILES string of the molecule is C=C(CC)CNc1nc(Cl)c(C#N)s1. The predicted molar refractivity (Wildman–Crippen MR) is 59.8 cm³/mol. The maximum absolute atomic E-state index is 8.65. The smallest absolute Gasteiger partial charge is 0.185 e. The van der Waals surface area contributed by atoms with Gasteiger partial charge >= 0.3 is 0 Å². The lowest BCUT2D eigenvalue weighted by Crippen LogP contribution is -2.02. The lowest BCUT2D eigenvalue weighted by atomic mass is 10.2. The van der Waals surface area contributed by atoms with Gasteiger partial charge in [-0.25, -0.2) is 4.98 Å². The summed E-state index contributed by atoms with van der Waals surface area (Å²) in [5.74, 6) is 0. The van der Waals surface area contributed by atoms with Crippen molar-refractivity contribution in [3.8, 4) is 6.07 Å². The second-order valence-corrected chi connectivity index (χ2v) is 4.06. The summed E-state index contributed by atoms with van der Waals surface area (Å²) in [6, 6.07) is 1.98. The third-order valence-electron chi connectivity index (χ3n) is 1.68. The van der Waals surface area contributed by atoms with Crippen LogP contribution in [0.3, 0.4) is 0 Å². The molecule has 1 aromatic heterocycles. The first kappa shape index (κ1) is 11.0. The Bertz CT molecular complexity index is 378. The van der Waals surface area contributed by atoms with Crippen molar-refractivity contribution in [3.05, 3.63) is 22.2 Å². The first-order valence-corrected chi connectivity index (χ1v) is 5.33. The highest BCUT2D eigenvalue weighted by atomic mass is 35.5. The summed E-state index contributed by atoms with van der Waals surface area (Å²) < 4.78 is 0. The summed E-state index contributed by atoms with van der Waals surface area (Å²) in [5, 5.41) is 12.6. The molecule has 0 spiro atoms. The van der Waals surface area contributed by atoms with Gasteiger partial charge in [-0.2, -0.15) is 5.26 Å². The van der Waals surface area contributed by atoms with Crippen LogP contribution in [0.25, 0.3) is 0 Å². The van der Waals surface area contributed by atoms with E-state index < -0.39 is 0 Å². The van der Waals surface area contributed by atoms with Gasteiger partial charge in [-0.15, -0.1) is 0 Å². The molecule has 0 amide bonds. The summed E-state index contributed by atoms with van der Waals surface area (Å²) in [5.41, 5.74) is 1.09. The van der Waals surface area contributed by atoms with Crippen molar-refractivity contribution >= 4 is 28.1 Å². The summed E-state index contributed by atoms with van der Waals surface area (Å²) >= 11 is 6.96. The van der Waals surface area contributed by atoms with Crippen molar-refractivity contribution in [2.75, 3.05) is 11.9 Å². The average molecular weight is 228 g/mol. The van der Waals surface area contributed by atoms with E-state index in [0.29, 0.717) is 16.6 Å². The molecule has 1 heterocycles. The maximum atomic E-state index is 8.65. The number of anilines is 1. The zero-order chi connectivity index (χ0) is 10.6. The van der Waals surface area contributed by atoms with E-state index in [-0.39, 0.29) is 5.15 Å². The average Bonchev–Trinajstić information content (AvgIpc) is 2.55. The molecular formula is C9H10ClN3S. The normalized spacial score (nSPS) is 9.50. The minimum Gasteiger partial charge on any atom is -0.358 e. The van der Waals surface area contributed by atoms with Gasteiger partial charge in [0.1, 0.15) is 10.9 Å². The van der Waals surface area contributed by atoms with E-state index in [9.17, 15) is 0 Å². The minimum absolute atomic E-state index is 0.266. The van der Waals surface area contributed by atoms with Gasteiger partial charge in [0, 0.05) is 6.54 Å². The van der Waals surface area contributed by atoms with E-state index >= 15 is 0 Å². The van der Waals surface area contributed by atoms with E-state index in [1.165, 1.54) is 11.3 Å². The van der Waals surface area contributed by atoms with Gasteiger partial charge in [0.15, 0.2) is 10.3 Å². The van der Waals surface area contributed by atoms with Crippen LogP contribution in [-0.4, -0.2) is 11.5 Å². The van der Waals surface area contributed by atoms with Crippen molar-refractivity contribution in [2.45, 2.75) is 13.3 Å². The third kappa shape index (κ3) is 2.72. The molecule has 74 valence electrons. The molecule has 0 aliphatic heterocycles. The quantitative estimate of drug-likeness (QED) is 0.805. The molecule has 0 aliphatic carbocycles. The van der Waals surface area contributed by atoms with Gasteiger partial charge in [-0.1, -0.05) is 42.0 Å². The molecule has 0 saturated carbocycles. The van der Waals surface area contributed by atoms with E-state index in [1.54, 1.807) is 0 Å². The van der Waals surface area contributed by atoms with Gasteiger partial charge in [-0.05, 0) is 6.42 Å². The molecule has 14 heavy (non-hydrogen) atoms. The Balaban J connectivity index is 2.61. The molecule has 0 saturated heterocycles. The Morgan fingerprint density at radius 1 is 1.79 bits per heavy atom. The van der Waals surface area contributed by atoms with Crippen LogP contribution >= 0.6 is 22.9 Å². The Labute approximate surface area is 92.0 Å². The number of aromatic nitrogens is 1. The molecule has 0 aliphatic rings. The van der Waals surface area contributed by atoms with E-state index in [2.05, 4.69) is 16.9 Å². The first-order chi connectivity index (χ1) is 6.67. The molecule has 0 bridgehead atoms. The molecule has 1 N–H and O–H groups in total. The summed E-state index contributed by atoms with van der Waals surface area (Å²) in [6.45, 7) is 6.57. The minimum atomic E-state index is 0.266. The van der Waals surface area contributed by atoms with Crippen LogP contribution in [0.1, 0.15) is 18.2 Å². The maximum Gasteiger partial charge on any atom is 0.185 e. The molecule has 0 atom stereocenters. The van der Waals surface area contributed by atoms with Crippen LogP contribution in [0.5, 0.6) is 0 Å². The van der Waals surface area contributed by atoms with Crippen LogP contribution in [0.15, 0.2) is 12.2 Å². The molecule has 3 nitrogen and oxygen atoms in total. The van der Waals surface area contributed by atoms with Crippen molar-refractivity contribution in [1.29, 1.82) is 5.26 Å². The lowest BCUT2D eigenvalue weighted by molar-refractivity contribution is 1.05. The number of halogens is 1. The van der Waals surface area contributed by atoms with Crippen molar-refractivity contribution in [3.63, 3.8) is 0 Å². The number of nitriles is 1. The number of nitrogens with zero attached hydrogens (tertiary/aromatic N) is 2. The Morgan fingerprint density at radius 2 is 2.50 bits per heavy atom. The lowest BCUT2D eigenvalue weighted by Gasteiger charge is -2.02. The standard InChI is InChI=1S/C9H10ClN3S/c1-3-6(2)5-12-9-13-8(10)7(4-11)14-9/h2-3,5H2,1H3,(H,12,13). The molecule has 0 radical (unpaired) electrons. The topological polar surface area (TPSA) is 48.7 Å². The highest BCUT2D eigenvalue weighted by molar-refractivity contribution is 7.16. The van der Waals surface area contributed by atoms with Crippen molar-refractivity contribution in [2.24, 2.45) is 0 Å². The Hall–Kier alpha value is -1.05. The van der Waals surface area contributed by atoms with Crippen LogP contribution in [0.2, 0.25) is 5.15 Å². The summed E-state index contributed by atoms with van der Waals surface area (Å²) in [4.78, 5) is 4.44. The van der Waals surface area contributed by atoms with Crippen LogP contribution < -0.4 is 5.32 Å². The zero-order valence-electron chi connectivity index (χ0n) is 7.80. The van der Waals surface area contributed by atoms with Gasteiger partial charge in [0.25, 0.3) is 0 Å². The molecule has 1 aromatic rings. The number of thiazole rings is 1. The molecule has 0 aromatic carbocycles. The number of nitrogens with one attached hydrogen (secondary N) is 1. The first-order valence-electron chi connectivity index (χ1n) is 4.14. The Morgan fingerprint density at radius 3 is 3.00 bits per heavy atom. The number of hydrogen-bond acceptors (Lipinski definition) is 4. The van der Waals surface area contributed by atoms with Crippen molar-refractivity contribution in [1.82, 2.24) is 4.98 Å². The molecule has 0 unspecified atom stereocenters. The zero-order valence-corrected chi connectivity index (χ0v) is 9.37.